The maximum Gasteiger partial charge on any atom is 0.235 e. The third-order valence-corrected chi connectivity index (χ3v) is 3.44. The summed E-state index contributed by atoms with van der Waals surface area (Å²) in [4.78, 5) is 12.0. The maximum atomic E-state index is 12.0. The summed E-state index contributed by atoms with van der Waals surface area (Å²) in [5, 5.41) is 49.4. The van der Waals surface area contributed by atoms with Crippen LogP contribution in [0.5, 0.6) is 17.2 Å². The number of phenols is 3. The maximum absolute atomic E-state index is 12.0. The molecule has 2 aromatic rings. The molecule has 0 atom stereocenters. The van der Waals surface area contributed by atoms with E-state index in [1.54, 1.807) is 6.92 Å². The van der Waals surface area contributed by atoms with E-state index >= 15 is 0 Å². The molecule has 102 valence electrons. The molecular formula is C14H10O6. The van der Waals surface area contributed by atoms with Gasteiger partial charge in [-0.15, -0.1) is 0 Å². The number of aliphatic hydroxyl groups excluding tert-OH is 2. The number of hydrogen-bond donors (Lipinski definition) is 5. The number of aryl methyl sites for hydroxylation is 1. The summed E-state index contributed by atoms with van der Waals surface area (Å²) in [7, 11) is 0. The Bertz CT molecular complexity index is 823. The van der Waals surface area contributed by atoms with Crippen molar-refractivity contribution in [2.75, 3.05) is 0 Å². The van der Waals surface area contributed by atoms with E-state index in [4.69, 9.17) is 0 Å². The van der Waals surface area contributed by atoms with E-state index in [9.17, 15) is 30.3 Å². The highest BCUT2D eigenvalue weighted by Gasteiger charge is 2.33. The van der Waals surface area contributed by atoms with Gasteiger partial charge in [0.2, 0.25) is 11.5 Å². The number of benzene rings is 2. The minimum Gasteiger partial charge on any atom is -0.507 e. The quantitative estimate of drug-likeness (QED) is 0.502. The lowest BCUT2D eigenvalue weighted by atomic mass is 9.86. The van der Waals surface area contributed by atoms with Crippen molar-refractivity contribution < 1.29 is 30.3 Å². The minimum atomic E-state index is -0.970. The Labute approximate surface area is 112 Å². The van der Waals surface area contributed by atoms with Gasteiger partial charge in [-0.3, -0.25) is 4.79 Å². The second-order valence-electron chi connectivity index (χ2n) is 4.65. The zero-order valence-electron chi connectivity index (χ0n) is 10.3. The van der Waals surface area contributed by atoms with Crippen LogP contribution in [0.1, 0.15) is 21.5 Å². The van der Waals surface area contributed by atoms with Gasteiger partial charge in [-0.25, -0.2) is 0 Å². The van der Waals surface area contributed by atoms with Crippen molar-refractivity contribution in [3.05, 3.63) is 34.6 Å². The summed E-state index contributed by atoms with van der Waals surface area (Å²) in [5.74, 6) is -3.90. The van der Waals surface area contributed by atoms with Gasteiger partial charge in [-0.2, -0.15) is 0 Å². The van der Waals surface area contributed by atoms with E-state index in [0.29, 0.717) is 5.56 Å². The van der Waals surface area contributed by atoms with Crippen LogP contribution in [0.15, 0.2) is 17.9 Å². The van der Waals surface area contributed by atoms with Crippen LogP contribution in [0, 0.1) is 6.92 Å². The van der Waals surface area contributed by atoms with E-state index in [1.165, 1.54) is 6.07 Å². The normalized spacial score (nSPS) is 14.2. The smallest absolute Gasteiger partial charge is 0.235 e. The molecule has 0 radical (unpaired) electrons. The molecule has 6 heteroatoms. The number of carbonyl (C=O) groups is 1. The molecule has 0 heterocycles. The monoisotopic (exact) mass is 274 g/mol. The highest BCUT2D eigenvalue weighted by Crippen LogP contribution is 2.47. The van der Waals surface area contributed by atoms with Crippen molar-refractivity contribution in [3.8, 4) is 17.2 Å². The number of aromatic hydroxyl groups is 3. The van der Waals surface area contributed by atoms with Crippen LogP contribution >= 0.6 is 0 Å². The summed E-state index contributed by atoms with van der Waals surface area (Å²) < 4.78 is 0. The Morgan fingerprint density at radius 3 is 2.00 bits per heavy atom. The number of allylic oxidation sites excluding steroid dienone is 1. The average Bonchev–Trinajstić information content (AvgIpc) is 2.34. The standard InChI is InChI=1S/C14H10O6/c1-4-2-5(15)9-11-8(4)6(16)3-7(17)10(11)13(19)14(20)12(9)18/h2-3,15-18,20H,1H3. The van der Waals surface area contributed by atoms with Gasteiger partial charge < -0.3 is 25.5 Å². The number of carbonyl (C=O) groups excluding carboxylic acids is 1. The van der Waals surface area contributed by atoms with Crippen molar-refractivity contribution in [2.45, 2.75) is 6.92 Å². The predicted octanol–water partition coefficient (Wildman–Crippen LogP) is 2.25. The number of hydrogen-bond acceptors (Lipinski definition) is 6. The molecule has 20 heavy (non-hydrogen) atoms. The molecule has 2 aromatic carbocycles. The van der Waals surface area contributed by atoms with E-state index < -0.39 is 23.1 Å². The summed E-state index contributed by atoms with van der Waals surface area (Å²) >= 11 is 0. The zero-order chi connectivity index (χ0) is 14.8. The van der Waals surface area contributed by atoms with Crippen molar-refractivity contribution in [2.24, 2.45) is 0 Å². The summed E-state index contributed by atoms with van der Waals surface area (Å²) in [6, 6.07) is 2.27. The lowest BCUT2D eigenvalue weighted by molar-refractivity contribution is 0.0972. The molecule has 6 nitrogen and oxygen atoms in total. The van der Waals surface area contributed by atoms with Gasteiger partial charge in [0.15, 0.2) is 5.76 Å². The van der Waals surface area contributed by atoms with E-state index in [0.717, 1.165) is 6.07 Å². The van der Waals surface area contributed by atoms with Gasteiger partial charge >= 0.3 is 0 Å². The molecule has 0 fully saturated rings. The number of aliphatic hydroxyl groups is 2. The fourth-order valence-electron chi connectivity index (χ4n) is 2.60. The van der Waals surface area contributed by atoms with Gasteiger partial charge in [0.1, 0.15) is 17.2 Å². The third-order valence-electron chi connectivity index (χ3n) is 3.44. The van der Waals surface area contributed by atoms with Gasteiger partial charge in [-0.1, -0.05) is 0 Å². The van der Waals surface area contributed by atoms with Crippen LogP contribution < -0.4 is 0 Å². The minimum absolute atomic E-state index is 0.0142. The molecule has 1 aliphatic rings. The summed E-state index contributed by atoms with van der Waals surface area (Å²) in [5.41, 5.74) is 0.00740. The first-order valence-electron chi connectivity index (χ1n) is 5.73. The molecule has 1 aliphatic carbocycles. The third kappa shape index (κ3) is 1.25. The van der Waals surface area contributed by atoms with Crippen molar-refractivity contribution >= 4 is 22.3 Å². The molecule has 3 rings (SSSR count). The van der Waals surface area contributed by atoms with Crippen LogP contribution in [0.3, 0.4) is 0 Å². The van der Waals surface area contributed by atoms with Crippen LogP contribution in [-0.2, 0) is 0 Å². The van der Waals surface area contributed by atoms with E-state index in [2.05, 4.69) is 0 Å². The lowest BCUT2D eigenvalue weighted by Crippen LogP contribution is -2.13. The van der Waals surface area contributed by atoms with Gasteiger partial charge in [-0.05, 0) is 18.6 Å². The van der Waals surface area contributed by atoms with Crippen molar-refractivity contribution in [1.29, 1.82) is 0 Å². The fourth-order valence-corrected chi connectivity index (χ4v) is 2.60. The van der Waals surface area contributed by atoms with Crippen LogP contribution in [-0.4, -0.2) is 31.3 Å². The molecule has 0 bridgehead atoms. The van der Waals surface area contributed by atoms with Crippen LogP contribution in [0.25, 0.3) is 16.5 Å². The van der Waals surface area contributed by atoms with Crippen LogP contribution in [0.2, 0.25) is 0 Å². The Morgan fingerprint density at radius 1 is 0.750 bits per heavy atom. The Kier molecular flexibility index (Phi) is 2.17. The molecule has 0 aromatic heterocycles. The molecule has 5 N–H and O–H groups in total. The lowest BCUT2D eigenvalue weighted by Gasteiger charge is -2.20. The second kappa shape index (κ2) is 3.57. The Morgan fingerprint density at radius 2 is 1.35 bits per heavy atom. The number of Topliss-reactive ketones (excluding diaryl/α,β-unsaturated/α-hetero) is 1. The first-order chi connectivity index (χ1) is 9.34. The number of ketones is 1. The SMILES string of the molecule is Cc1cc(O)c2c3c(c(O)cc(O)c13)C(=O)C(O)=C2O. The molecule has 0 amide bonds. The summed E-state index contributed by atoms with van der Waals surface area (Å²) in [6.07, 6.45) is 0. The Balaban J connectivity index is 2.70. The molecular weight excluding hydrogens is 264 g/mol. The zero-order valence-corrected chi connectivity index (χ0v) is 10.3. The number of phenolic OH excluding ortho intramolecular Hbond substituents is 3. The molecule has 0 unspecified atom stereocenters. The Hall–Kier alpha value is -2.89. The molecule has 0 spiro atoms. The highest BCUT2D eigenvalue weighted by molar-refractivity contribution is 6.26. The van der Waals surface area contributed by atoms with Crippen molar-refractivity contribution in [1.82, 2.24) is 0 Å². The first kappa shape index (κ1) is 12.2. The first-order valence-corrected chi connectivity index (χ1v) is 5.73. The van der Waals surface area contributed by atoms with E-state index in [-0.39, 0.29) is 33.4 Å². The van der Waals surface area contributed by atoms with Crippen LogP contribution in [0.4, 0.5) is 0 Å². The topological polar surface area (TPSA) is 118 Å². The summed E-state index contributed by atoms with van der Waals surface area (Å²) in [6.45, 7) is 1.60. The molecule has 0 saturated heterocycles. The largest absolute Gasteiger partial charge is 0.507 e. The highest BCUT2D eigenvalue weighted by atomic mass is 16.3. The van der Waals surface area contributed by atoms with Gasteiger partial charge in [0, 0.05) is 16.8 Å². The van der Waals surface area contributed by atoms with Gasteiger partial charge in [0.25, 0.3) is 0 Å². The van der Waals surface area contributed by atoms with Gasteiger partial charge in [0.05, 0.1) is 11.1 Å². The number of rotatable bonds is 0. The molecule has 0 saturated carbocycles. The molecule has 0 aliphatic heterocycles. The average molecular weight is 274 g/mol. The van der Waals surface area contributed by atoms with Crippen molar-refractivity contribution in [3.63, 3.8) is 0 Å². The van der Waals surface area contributed by atoms with E-state index in [1.807, 2.05) is 0 Å². The fraction of sp³-hybridized carbons (Fsp3) is 0.0714. The second-order valence-corrected chi connectivity index (χ2v) is 4.65. The predicted molar refractivity (Wildman–Crippen MR) is 70.2 cm³/mol.